The van der Waals surface area contributed by atoms with Crippen LogP contribution in [0.4, 0.5) is 0 Å². The summed E-state index contributed by atoms with van der Waals surface area (Å²) in [7, 11) is 0. The number of nitrogens with one attached hydrogen (secondary N) is 4. The quantitative estimate of drug-likeness (QED) is 0.101. The monoisotopic (exact) mass is 512 g/mol. The molecule has 0 fully saturated rings. The fraction of sp³-hybridized carbons (Fsp3) is 0.474. The number of carbonyl (C=O) groups excluding carboxylic acids is 5. The summed E-state index contributed by atoms with van der Waals surface area (Å²) in [4.78, 5) is 89.0. The van der Waals surface area contributed by atoms with E-state index in [-0.39, 0.29) is 6.42 Å². The number of amides is 5. The minimum Gasteiger partial charge on any atom is -0.481 e. The number of nitrogens with two attached hydrogens (primary N) is 3. The molecule has 0 bridgehead atoms. The van der Waals surface area contributed by atoms with Gasteiger partial charge in [0, 0.05) is 24.7 Å². The van der Waals surface area contributed by atoms with E-state index in [0.29, 0.717) is 5.69 Å². The highest BCUT2D eigenvalue weighted by atomic mass is 16.4. The summed E-state index contributed by atoms with van der Waals surface area (Å²) < 4.78 is 0. The maximum atomic E-state index is 12.9. The second-order valence-electron chi connectivity index (χ2n) is 7.68. The fourth-order valence-corrected chi connectivity index (χ4v) is 2.90. The molecule has 0 spiro atoms. The maximum Gasteiger partial charge on any atom is 0.326 e. The predicted octanol–water partition coefficient (Wildman–Crippen LogP) is -4.57. The second kappa shape index (κ2) is 14.0. The van der Waals surface area contributed by atoms with Crippen LogP contribution >= 0.6 is 0 Å². The summed E-state index contributed by atoms with van der Waals surface area (Å²) in [5.74, 6) is -7.71. The molecular weight excluding hydrogens is 484 g/mol. The number of aliphatic carboxylic acids is 2. The van der Waals surface area contributed by atoms with Crippen LogP contribution in [-0.4, -0.2) is 85.8 Å². The van der Waals surface area contributed by atoms with Gasteiger partial charge in [0.15, 0.2) is 0 Å². The number of carboxylic acids is 2. The molecule has 198 valence electrons. The van der Waals surface area contributed by atoms with Crippen LogP contribution in [0.2, 0.25) is 0 Å². The number of imidazole rings is 1. The molecule has 1 rings (SSSR count). The van der Waals surface area contributed by atoms with Crippen LogP contribution in [0.5, 0.6) is 0 Å². The first-order valence-electron chi connectivity index (χ1n) is 10.4. The minimum absolute atomic E-state index is 0.221. The van der Waals surface area contributed by atoms with Crippen molar-refractivity contribution in [2.45, 2.75) is 56.3 Å². The highest BCUT2D eigenvalue weighted by Crippen LogP contribution is 2.05. The Hall–Kier alpha value is -4.54. The molecule has 1 aromatic rings. The molecule has 4 unspecified atom stereocenters. The molecule has 0 saturated heterocycles. The lowest BCUT2D eigenvalue weighted by molar-refractivity contribution is -0.143. The van der Waals surface area contributed by atoms with E-state index in [9.17, 15) is 38.7 Å². The van der Waals surface area contributed by atoms with Crippen LogP contribution < -0.4 is 33.2 Å². The van der Waals surface area contributed by atoms with Crippen LogP contribution in [0.3, 0.4) is 0 Å². The Morgan fingerprint density at radius 3 is 1.92 bits per heavy atom. The van der Waals surface area contributed by atoms with E-state index in [2.05, 4.69) is 25.9 Å². The number of aromatic nitrogens is 2. The van der Waals surface area contributed by atoms with Gasteiger partial charge in [-0.3, -0.25) is 28.8 Å². The van der Waals surface area contributed by atoms with Crippen molar-refractivity contribution in [1.82, 2.24) is 25.9 Å². The van der Waals surface area contributed by atoms with Gasteiger partial charge in [0.25, 0.3) is 0 Å². The Labute approximate surface area is 203 Å². The van der Waals surface area contributed by atoms with Gasteiger partial charge in [-0.25, -0.2) is 9.78 Å². The van der Waals surface area contributed by atoms with Gasteiger partial charge in [-0.2, -0.15) is 0 Å². The minimum atomic E-state index is -1.69. The highest BCUT2D eigenvalue weighted by molar-refractivity contribution is 5.95. The average Bonchev–Trinajstić information content (AvgIpc) is 3.27. The van der Waals surface area contributed by atoms with Crippen LogP contribution in [0.15, 0.2) is 12.5 Å². The first kappa shape index (κ1) is 29.5. The van der Waals surface area contributed by atoms with Gasteiger partial charge in [0.2, 0.25) is 29.5 Å². The second-order valence-corrected chi connectivity index (χ2v) is 7.68. The molecule has 0 aliphatic rings. The Morgan fingerprint density at radius 2 is 1.42 bits per heavy atom. The van der Waals surface area contributed by atoms with Gasteiger partial charge in [-0.05, 0) is 6.42 Å². The number of H-pyrrole nitrogens is 1. The Kier molecular flexibility index (Phi) is 11.5. The van der Waals surface area contributed by atoms with Crippen molar-refractivity contribution in [3.8, 4) is 0 Å². The van der Waals surface area contributed by atoms with Gasteiger partial charge >= 0.3 is 11.9 Å². The van der Waals surface area contributed by atoms with Gasteiger partial charge in [-0.15, -0.1) is 0 Å². The first-order valence-corrected chi connectivity index (χ1v) is 10.4. The molecular formula is C19H28N8O9. The normalized spacial score (nSPS) is 13.9. The van der Waals surface area contributed by atoms with Gasteiger partial charge in [-0.1, -0.05) is 0 Å². The van der Waals surface area contributed by atoms with E-state index >= 15 is 0 Å². The summed E-state index contributed by atoms with van der Waals surface area (Å²) in [6.45, 7) is 0. The molecule has 0 saturated carbocycles. The topological polar surface area (TPSA) is 303 Å². The zero-order valence-corrected chi connectivity index (χ0v) is 18.9. The summed E-state index contributed by atoms with van der Waals surface area (Å²) in [6, 6.07) is -6.05. The Balaban J connectivity index is 3.10. The van der Waals surface area contributed by atoms with E-state index in [1.807, 2.05) is 0 Å². The van der Waals surface area contributed by atoms with E-state index in [4.69, 9.17) is 22.3 Å². The van der Waals surface area contributed by atoms with Crippen molar-refractivity contribution in [1.29, 1.82) is 0 Å². The van der Waals surface area contributed by atoms with Gasteiger partial charge in [0.1, 0.15) is 18.1 Å². The van der Waals surface area contributed by atoms with Crippen molar-refractivity contribution in [2.75, 3.05) is 0 Å². The van der Waals surface area contributed by atoms with Crippen LogP contribution in [-0.2, 0) is 40.0 Å². The lowest BCUT2D eigenvalue weighted by atomic mass is 10.1. The largest absolute Gasteiger partial charge is 0.481 e. The highest BCUT2D eigenvalue weighted by Gasteiger charge is 2.31. The number of hydrogen-bond donors (Lipinski definition) is 9. The number of carboxylic acid groups (broad SMARTS) is 2. The first-order chi connectivity index (χ1) is 16.8. The Bertz CT molecular complexity index is 982. The number of hydrogen-bond acceptors (Lipinski definition) is 9. The predicted molar refractivity (Wildman–Crippen MR) is 118 cm³/mol. The number of carbonyl (C=O) groups is 7. The SMILES string of the molecule is NC(=O)CC(N)C(=O)NC(CCC(=O)O)C(=O)NC(Cc1cnc[nH]1)C(=O)NC(CC(N)=O)C(=O)O. The third kappa shape index (κ3) is 10.6. The summed E-state index contributed by atoms with van der Waals surface area (Å²) in [5.41, 5.74) is 15.9. The standard InChI is InChI=1S/C19H28N8O9/c20-9(4-13(21)28)16(32)25-10(1-2-15(30)31)17(33)26-11(3-8-6-23-7-24-8)18(34)27-12(19(35)36)5-14(22)29/h6-7,9-12H,1-5,20H2,(H2,21,28)(H2,22,29)(H,23,24)(H,25,32)(H,26,33)(H,27,34)(H,30,31)(H,35,36). The van der Waals surface area contributed by atoms with Crippen molar-refractivity contribution < 1.29 is 43.8 Å². The van der Waals surface area contributed by atoms with E-state index in [0.717, 1.165) is 0 Å². The maximum absolute atomic E-state index is 12.9. The number of rotatable bonds is 16. The molecule has 17 nitrogen and oxygen atoms in total. The number of aromatic amines is 1. The summed E-state index contributed by atoms with van der Waals surface area (Å²) in [5, 5.41) is 24.8. The molecule has 1 aromatic heterocycles. The molecule has 0 aliphatic carbocycles. The van der Waals surface area contributed by atoms with Crippen molar-refractivity contribution >= 4 is 41.5 Å². The van der Waals surface area contributed by atoms with Gasteiger partial charge in [0.05, 0.1) is 25.2 Å². The zero-order chi connectivity index (χ0) is 27.4. The molecule has 17 heteroatoms. The molecule has 0 aliphatic heterocycles. The van der Waals surface area contributed by atoms with E-state index < -0.39 is 91.3 Å². The summed E-state index contributed by atoms with van der Waals surface area (Å²) in [6.07, 6.45) is 0.170. The lowest BCUT2D eigenvalue weighted by Crippen LogP contribution is -2.58. The fourth-order valence-electron chi connectivity index (χ4n) is 2.90. The zero-order valence-electron chi connectivity index (χ0n) is 18.9. The molecule has 0 radical (unpaired) electrons. The van der Waals surface area contributed by atoms with Gasteiger partial charge < -0.3 is 48.3 Å². The van der Waals surface area contributed by atoms with Crippen molar-refractivity contribution in [2.24, 2.45) is 17.2 Å². The summed E-state index contributed by atoms with van der Waals surface area (Å²) >= 11 is 0. The number of nitrogens with zero attached hydrogens (tertiary/aromatic N) is 1. The molecule has 5 amide bonds. The van der Waals surface area contributed by atoms with Crippen LogP contribution in [0.1, 0.15) is 31.4 Å². The molecule has 36 heavy (non-hydrogen) atoms. The lowest BCUT2D eigenvalue weighted by Gasteiger charge is -2.24. The third-order valence-corrected chi connectivity index (χ3v) is 4.67. The van der Waals surface area contributed by atoms with Crippen molar-refractivity contribution in [3.05, 3.63) is 18.2 Å². The smallest absolute Gasteiger partial charge is 0.326 e. The molecule has 0 aromatic carbocycles. The van der Waals surface area contributed by atoms with Crippen LogP contribution in [0.25, 0.3) is 0 Å². The van der Waals surface area contributed by atoms with E-state index in [1.165, 1.54) is 12.5 Å². The van der Waals surface area contributed by atoms with Crippen LogP contribution in [0, 0.1) is 0 Å². The van der Waals surface area contributed by atoms with Crippen molar-refractivity contribution in [3.63, 3.8) is 0 Å². The number of primary amides is 2. The Morgan fingerprint density at radius 1 is 0.861 bits per heavy atom. The molecule has 1 heterocycles. The molecule has 12 N–H and O–H groups in total. The average molecular weight is 512 g/mol. The van der Waals surface area contributed by atoms with E-state index in [1.54, 1.807) is 0 Å². The molecule has 4 atom stereocenters. The third-order valence-electron chi connectivity index (χ3n) is 4.67.